The number of aromatic nitrogens is 2. The van der Waals surface area contributed by atoms with Gasteiger partial charge in [0.15, 0.2) is 0 Å². The topological polar surface area (TPSA) is 44.0 Å². The number of aromatic amines is 1. The quantitative estimate of drug-likeness (QED) is 0.827. The van der Waals surface area contributed by atoms with E-state index in [9.17, 15) is 0 Å². The van der Waals surface area contributed by atoms with E-state index in [1.165, 1.54) is 12.1 Å². The number of nitrogens with one attached hydrogen (secondary N) is 2. The minimum Gasteiger partial charge on any atom is -0.348 e. The number of nitrogens with zero attached hydrogens (tertiary/aromatic N) is 2. The first-order valence-corrected chi connectivity index (χ1v) is 6.56. The fourth-order valence-corrected chi connectivity index (χ4v) is 2.62. The Morgan fingerprint density at radius 3 is 2.94 bits per heavy atom. The van der Waals surface area contributed by atoms with Crippen molar-refractivity contribution in [1.29, 1.82) is 0 Å². The monoisotopic (exact) mass is 236 g/mol. The lowest BCUT2D eigenvalue weighted by Gasteiger charge is -2.38. The second-order valence-electron chi connectivity index (χ2n) is 5.61. The molecule has 0 amide bonds. The lowest BCUT2D eigenvalue weighted by atomic mass is 9.99. The third-order valence-corrected chi connectivity index (χ3v) is 3.54. The van der Waals surface area contributed by atoms with E-state index in [1.54, 1.807) is 6.33 Å². The number of piperazine rings is 1. The minimum atomic E-state index is 0.582. The average molecular weight is 236 g/mol. The van der Waals surface area contributed by atoms with Crippen molar-refractivity contribution in [1.82, 2.24) is 20.2 Å². The van der Waals surface area contributed by atoms with Gasteiger partial charge in [0, 0.05) is 43.5 Å². The SMILES string of the molecule is CC(C)C[C@@H]1CN(C)[C@@H](Cc2cnc[nH]2)CN1. The van der Waals surface area contributed by atoms with E-state index in [1.807, 2.05) is 6.20 Å². The first-order valence-electron chi connectivity index (χ1n) is 6.56. The molecule has 2 N–H and O–H groups in total. The van der Waals surface area contributed by atoms with Crippen molar-refractivity contribution in [3.63, 3.8) is 0 Å². The Labute approximate surface area is 104 Å². The molecular formula is C13H24N4. The molecule has 1 aliphatic rings. The van der Waals surface area contributed by atoms with Crippen LogP contribution in [0, 0.1) is 5.92 Å². The molecule has 2 atom stereocenters. The zero-order chi connectivity index (χ0) is 12.3. The molecular weight excluding hydrogens is 212 g/mol. The molecule has 4 nitrogen and oxygen atoms in total. The van der Waals surface area contributed by atoms with Crippen LogP contribution in [0.25, 0.3) is 0 Å². The molecule has 0 radical (unpaired) electrons. The van der Waals surface area contributed by atoms with E-state index in [0.717, 1.165) is 25.4 Å². The Hall–Kier alpha value is -0.870. The lowest BCUT2D eigenvalue weighted by molar-refractivity contribution is 0.151. The maximum atomic E-state index is 4.07. The fraction of sp³-hybridized carbons (Fsp3) is 0.769. The van der Waals surface area contributed by atoms with Gasteiger partial charge in [-0.05, 0) is 19.4 Å². The van der Waals surface area contributed by atoms with Crippen molar-refractivity contribution < 1.29 is 0 Å². The van der Waals surface area contributed by atoms with Gasteiger partial charge in [0.1, 0.15) is 0 Å². The van der Waals surface area contributed by atoms with Crippen LogP contribution in [0.15, 0.2) is 12.5 Å². The molecule has 96 valence electrons. The van der Waals surface area contributed by atoms with Crippen LogP contribution >= 0.6 is 0 Å². The Bertz CT molecular complexity index is 320. The molecule has 2 rings (SSSR count). The van der Waals surface area contributed by atoms with E-state index in [-0.39, 0.29) is 0 Å². The van der Waals surface area contributed by atoms with Crippen LogP contribution in [-0.2, 0) is 6.42 Å². The van der Waals surface area contributed by atoms with Crippen molar-refractivity contribution in [2.45, 2.75) is 38.8 Å². The van der Waals surface area contributed by atoms with Gasteiger partial charge in [0.05, 0.1) is 6.33 Å². The van der Waals surface area contributed by atoms with Crippen molar-refractivity contribution in [3.05, 3.63) is 18.2 Å². The molecule has 0 unspecified atom stereocenters. The largest absolute Gasteiger partial charge is 0.348 e. The zero-order valence-corrected chi connectivity index (χ0v) is 11.1. The van der Waals surface area contributed by atoms with Crippen LogP contribution in [0.4, 0.5) is 0 Å². The smallest absolute Gasteiger partial charge is 0.0921 e. The first-order chi connectivity index (χ1) is 8.15. The van der Waals surface area contributed by atoms with Gasteiger partial charge in [-0.15, -0.1) is 0 Å². The summed E-state index contributed by atoms with van der Waals surface area (Å²) in [6, 6.07) is 1.23. The number of hydrogen-bond acceptors (Lipinski definition) is 3. The summed E-state index contributed by atoms with van der Waals surface area (Å²) in [6.07, 6.45) is 6.00. The average Bonchev–Trinajstić information content (AvgIpc) is 2.74. The standard InChI is InChI=1S/C13H24N4/c1-10(2)4-12-8-17(3)13(7-15-12)5-11-6-14-9-16-11/h6,9-10,12-13,15H,4-5,7-8H2,1-3H3,(H,14,16)/t12-,13+/m1/s1. The van der Waals surface area contributed by atoms with Gasteiger partial charge in [-0.25, -0.2) is 4.98 Å². The van der Waals surface area contributed by atoms with Gasteiger partial charge < -0.3 is 15.2 Å². The van der Waals surface area contributed by atoms with Gasteiger partial charge in [0.25, 0.3) is 0 Å². The minimum absolute atomic E-state index is 0.582. The Kier molecular flexibility index (Phi) is 4.18. The molecule has 1 aromatic rings. The third-order valence-electron chi connectivity index (χ3n) is 3.54. The molecule has 17 heavy (non-hydrogen) atoms. The Morgan fingerprint density at radius 2 is 2.35 bits per heavy atom. The van der Waals surface area contributed by atoms with Crippen molar-refractivity contribution in [3.8, 4) is 0 Å². The summed E-state index contributed by atoms with van der Waals surface area (Å²) in [5.41, 5.74) is 1.23. The zero-order valence-electron chi connectivity index (χ0n) is 11.1. The van der Waals surface area contributed by atoms with Crippen LogP contribution in [0.1, 0.15) is 26.0 Å². The molecule has 4 heteroatoms. The highest BCUT2D eigenvalue weighted by molar-refractivity contribution is 5.00. The second-order valence-corrected chi connectivity index (χ2v) is 5.61. The van der Waals surface area contributed by atoms with Crippen LogP contribution in [-0.4, -0.2) is 47.1 Å². The predicted octanol–water partition coefficient (Wildman–Crippen LogP) is 1.27. The molecule has 1 aromatic heterocycles. The molecule has 0 aromatic carbocycles. The van der Waals surface area contributed by atoms with Crippen molar-refractivity contribution in [2.24, 2.45) is 5.92 Å². The summed E-state index contributed by atoms with van der Waals surface area (Å²) >= 11 is 0. The van der Waals surface area contributed by atoms with Crippen LogP contribution < -0.4 is 5.32 Å². The van der Waals surface area contributed by atoms with Gasteiger partial charge in [-0.3, -0.25) is 0 Å². The molecule has 2 heterocycles. The highest BCUT2D eigenvalue weighted by Crippen LogP contribution is 2.14. The molecule has 1 aliphatic heterocycles. The molecule has 0 saturated carbocycles. The van der Waals surface area contributed by atoms with Crippen LogP contribution in [0.3, 0.4) is 0 Å². The highest BCUT2D eigenvalue weighted by Gasteiger charge is 2.25. The summed E-state index contributed by atoms with van der Waals surface area (Å²) in [5.74, 6) is 0.769. The number of H-pyrrole nitrogens is 1. The molecule has 0 aliphatic carbocycles. The summed E-state index contributed by atoms with van der Waals surface area (Å²) < 4.78 is 0. The molecule has 1 fully saturated rings. The van der Waals surface area contributed by atoms with E-state index in [0.29, 0.717) is 12.1 Å². The lowest BCUT2D eigenvalue weighted by Crippen LogP contribution is -2.55. The number of likely N-dealkylation sites (N-methyl/N-ethyl adjacent to an activating group) is 1. The summed E-state index contributed by atoms with van der Waals surface area (Å²) in [7, 11) is 2.23. The summed E-state index contributed by atoms with van der Waals surface area (Å²) in [6.45, 7) is 6.81. The van der Waals surface area contributed by atoms with Gasteiger partial charge in [-0.1, -0.05) is 13.8 Å². The Morgan fingerprint density at radius 1 is 1.53 bits per heavy atom. The number of imidazole rings is 1. The van der Waals surface area contributed by atoms with Crippen molar-refractivity contribution >= 4 is 0 Å². The highest BCUT2D eigenvalue weighted by atomic mass is 15.2. The van der Waals surface area contributed by atoms with Gasteiger partial charge >= 0.3 is 0 Å². The Balaban J connectivity index is 1.83. The van der Waals surface area contributed by atoms with Crippen molar-refractivity contribution in [2.75, 3.05) is 20.1 Å². The summed E-state index contributed by atoms with van der Waals surface area (Å²) in [5, 5.41) is 3.67. The predicted molar refractivity (Wildman–Crippen MR) is 70.0 cm³/mol. The second kappa shape index (κ2) is 5.65. The van der Waals surface area contributed by atoms with E-state index in [4.69, 9.17) is 0 Å². The number of rotatable bonds is 4. The maximum Gasteiger partial charge on any atom is 0.0921 e. The normalized spacial score (nSPS) is 26.6. The van der Waals surface area contributed by atoms with Gasteiger partial charge in [0.2, 0.25) is 0 Å². The van der Waals surface area contributed by atoms with E-state index < -0.39 is 0 Å². The number of hydrogen-bond donors (Lipinski definition) is 2. The molecule has 1 saturated heterocycles. The molecule has 0 spiro atoms. The van der Waals surface area contributed by atoms with Crippen LogP contribution in [0.2, 0.25) is 0 Å². The van der Waals surface area contributed by atoms with Crippen LogP contribution in [0.5, 0.6) is 0 Å². The van der Waals surface area contributed by atoms with Gasteiger partial charge in [-0.2, -0.15) is 0 Å². The maximum absolute atomic E-state index is 4.07. The fourth-order valence-electron chi connectivity index (χ4n) is 2.62. The first kappa shape index (κ1) is 12.6. The van der Waals surface area contributed by atoms with E-state index >= 15 is 0 Å². The summed E-state index contributed by atoms with van der Waals surface area (Å²) in [4.78, 5) is 9.73. The third kappa shape index (κ3) is 3.54. The van der Waals surface area contributed by atoms with E-state index in [2.05, 4.69) is 41.1 Å². The molecule has 0 bridgehead atoms.